The number of hydrogen-bond donors (Lipinski definition) is 1. The van der Waals surface area contributed by atoms with Gasteiger partial charge in [0.15, 0.2) is 0 Å². The zero-order valence-electron chi connectivity index (χ0n) is 17.9. The second-order valence-electron chi connectivity index (χ2n) is 7.59. The number of nitrogens with zero attached hydrogens (tertiary/aromatic N) is 2. The van der Waals surface area contributed by atoms with Gasteiger partial charge in [0.05, 0.1) is 36.8 Å². The average molecular weight is 455 g/mol. The van der Waals surface area contributed by atoms with E-state index in [4.69, 9.17) is 15.2 Å². The molecule has 1 aliphatic heterocycles. The van der Waals surface area contributed by atoms with Crippen molar-refractivity contribution in [2.45, 2.75) is 32.2 Å². The molecule has 2 N–H and O–H groups in total. The van der Waals surface area contributed by atoms with Crippen LogP contribution in [0.1, 0.15) is 45.4 Å². The van der Waals surface area contributed by atoms with Crippen LogP contribution >= 0.6 is 0 Å². The van der Waals surface area contributed by atoms with Gasteiger partial charge in [0.1, 0.15) is 11.4 Å². The Morgan fingerprint density at radius 2 is 1.94 bits per heavy atom. The van der Waals surface area contributed by atoms with Crippen LogP contribution < -0.4 is 10.5 Å². The van der Waals surface area contributed by atoms with E-state index in [2.05, 4.69) is 16.9 Å². The van der Waals surface area contributed by atoms with E-state index in [9.17, 15) is 18.0 Å². The maximum absolute atomic E-state index is 13.3. The van der Waals surface area contributed by atoms with E-state index in [1.54, 1.807) is 28.9 Å². The largest absolute Gasteiger partial charge is 0.496 e. The molecule has 1 aromatic heterocycles. The summed E-state index contributed by atoms with van der Waals surface area (Å²) in [4.78, 5) is 11.2. The predicted octanol–water partition coefficient (Wildman–Crippen LogP) is 3.86. The molecule has 0 saturated heterocycles. The van der Waals surface area contributed by atoms with Gasteiger partial charge in [0, 0.05) is 29.2 Å². The minimum Gasteiger partial charge on any atom is -0.496 e. The molecule has 0 saturated carbocycles. The van der Waals surface area contributed by atoms with E-state index in [0.29, 0.717) is 35.5 Å². The summed E-state index contributed by atoms with van der Waals surface area (Å²) in [6.07, 6.45) is -4.08. The summed E-state index contributed by atoms with van der Waals surface area (Å²) >= 11 is 0. The van der Waals surface area contributed by atoms with Crippen molar-refractivity contribution in [1.82, 2.24) is 9.78 Å². The van der Waals surface area contributed by atoms with Crippen LogP contribution in [0.5, 0.6) is 5.75 Å². The number of carbonyl (C=O) groups is 1. The van der Waals surface area contributed by atoms with Crippen molar-refractivity contribution < 1.29 is 27.4 Å². The second-order valence-corrected chi connectivity index (χ2v) is 7.59. The topological polar surface area (TPSA) is 79.4 Å². The number of amides is 1. The fourth-order valence-corrected chi connectivity index (χ4v) is 3.61. The lowest BCUT2D eigenvalue weighted by atomic mass is 10.0. The van der Waals surface area contributed by atoms with Crippen LogP contribution in [-0.2, 0) is 23.9 Å². The highest BCUT2D eigenvalue weighted by atomic mass is 19.4. The second kappa shape index (κ2) is 8.64. The van der Waals surface area contributed by atoms with Gasteiger partial charge in [-0.2, -0.15) is 18.3 Å². The lowest BCUT2D eigenvalue weighted by molar-refractivity contribution is -0.138. The molecular weight excluding hydrogens is 435 g/mol. The molecule has 0 aliphatic carbocycles. The van der Waals surface area contributed by atoms with E-state index in [1.807, 2.05) is 6.92 Å². The number of ether oxygens (including phenoxy) is 2. The third-order valence-electron chi connectivity index (χ3n) is 5.31. The van der Waals surface area contributed by atoms with Gasteiger partial charge < -0.3 is 15.2 Å². The lowest BCUT2D eigenvalue weighted by Crippen LogP contribution is -2.21. The summed E-state index contributed by atoms with van der Waals surface area (Å²) in [7, 11) is 1.20. The number of carbonyl (C=O) groups excluding carboxylic acids is 1. The molecule has 0 unspecified atom stereocenters. The summed E-state index contributed by atoms with van der Waals surface area (Å²) in [5.41, 5.74) is 7.94. The molecule has 0 fully saturated rings. The molecule has 0 bridgehead atoms. The van der Waals surface area contributed by atoms with E-state index in [-0.39, 0.29) is 11.9 Å². The zero-order valence-corrected chi connectivity index (χ0v) is 17.9. The number of methoxy groups -OCH3 is 1. The standard InChI is InChI=1S/C24H20F3N3O3/c1-14-11-21-18(13-33-14)20(10-5-15-3-6-16(7-4-15)23(28)31)29-30(21)17-8-9-19(24(25,26)27)22(12-17)32-2/h3-4,6-9,12,14H,11,13H2,1-2H3,(H2,28,31)/t14-/m0/s1. The number of rotatable bonds is 3. The molecule has 1 atom stereocenters. The van der Waals surface area contributed by atoms with Crippen molar-refractivity contribution in [2.75, 3.05) is 7.11 Å². The van der Waals surface area contributed by atoms with E-state index >= 15 is 0 Å². The van der Waals surface area contributed by atoms with Crippen molar-refractivity contribution in [3.8, 4) is 23.3 Å². The van der Waals surface area contributed by atoms with Crippen molar-refractivity contribution >= 4 is 5.91 Å². The van der Waals surface area contributed by atoms with Gasteiger partial charge in [-0.1, -0.05) is 5.92 Å². The summed E-state index contributed by atoms with van der Waals surface area (Å²) in [6.45, 7) is 2.21. The predicted molar refractivity (Wildman–Crippen MR) is 114 cm³/mol. The van der Waals surface area contributed by atoms with Gasteiger partial charge in [-0.3, -0.25) is 4.79 Å². The van der Waals surface area contributed by atoms with Crippen LogP contribution in [0.15, 0.2) is 42.5 Å². The van der Waals surface area contributed by atoms with Gasteiger partial charge >= 0.3 is 6.18 Å². The Morgan fingerprint density at radius 1 is 1.21 bits per heavy atom. The van der Waals surface area contributed by atoms with E-state index in [0.717, 1.165) is 17.3 Å². The van der Waals surface area contributed by atoms with Crippen LogP contribution in [0.4, 0.5) is 13.2 Å². The molecule has 33 heavy (non-hydrogen) atoms. The van der Waals surface area contributed by atoms with Crippen LogP contribution in [-0.4, -0.2) is 28.9 Å². The van der Waals surface area contributed by atoms with Crippen molar-refractivity contribution in [3.05, 3.63) is 76.1 Å². The summed E-state index contributed by atoms with van der Waals surface area (Å²) in [5, 5.41) is 4.58. The first-order chi connectivity index (χ1) is 15.7. The maximum Gasteiger partial charge on any atom is 0.419 e. The third-order valence-corrected chi connectivity index (χ3v) is 5.31. The molecule has 6 nitrogen and oxygen atoms in total. The first-order valence-corrected chi connectivity index (χ1v) is 10.1. The summed E-state index contributed by atoms with van der Waals surface area (Å²) in [5.74, 6) is 5.20. The SMILES string of the molecule is COc1cc(-n2nc(C#Cc3ccc(C(N)=O)cc3)c3c2C[C@H](C)OC3)ccc1C(F)(F)F. The minimum absolute atomic E-state index is 0.0774. The molecule has 1 aliphatic rings. The number of benzene rings is 2. The van der Waals surface area contributed by atoms with Crippen LogP contribution in [0.25, 0.3) is 5.69 Å². The number of primary amides is 1. The molecule has 2 heterocycles. The van der Waals surface area contributed by atoms with Gasteiger partial charge in [-0.15, -0.1) is 0 Å². The minimum atomic E-state index is -4.53. The molecule has 9 heteroatoms. The highest BCUT2D eigenvalue weighted by Crippen LogP contribution is 2.37. The quantitative estimate of drug-likeness (QED) is 0.609. The fraction of sp³-hybridized carbons (Fsp3) is 0.250. The molecule has 2 aromatic carbocycles. The number of halogens is 3. The Labute approximate surface area is 188 Å². The maximum atomic E-state index is 13.3. The number of aromatic nitrogens is 2. The average Bonchev–Trinajstić information content (AvgIpc) is 3.14. The molecule has 1 amide bonds. The normalized spacial score (nSPS) is 15.4. The van der Waals surface area contributed by atoms with Gasteiger partial charge in [0.2, 0.25) is 5.91 Å². The molecule has 3 aromatic rings. The first-order valence-electron chi connectivity index (χ1n) is 10.1. The van der Waals surface area contributed by atoms with E-state index in [1.165, 1.54) is 19.2 Å². The van der Waals surface area contributed by atoms with Crippen molar-refractivity contribution in [3.63, 3.8) is 0 Å². The number of fused-ring (bicyclic) bond motifs is 1. The molecular formula is C24H20F3N3O3. The molecule has 0 radical (unpaired) electrons. The number of nitrogens with two attached hydrogens (primary N) is 1. The summed E-state index contributed by atoms with van der Waals surface area (Å²) in [6, 6.07) is 10.2. The molecule has 170 valence electrons. The van der Waals surface area contributed by atoms with Crippen LogP contribution in [0, 0.1) is 11.8 Å². The van der Waals surface area contributed by atoms with Crippen molar-refractivity contribution in [2.24, 2.45) is 5.73 Å². The fourth-order valence-electron chi connectivity index (χ4n) is 3.61. The smallest absolute Gasteiger partial charge is 0.419 e. The number of alkyl halides is 3. The highest BCUT2D eigenvalue weighted by molar-refractivity contribution is 5.92. The van der Waals surface area contributed by atoms with Crippen LogP contribution in [0.3, 0.4) is 0 Å². The summed E-state index contributed by atoms with van der Waals surface area (Å²) < 4.78 is 52.1. The van der Waals surface area contributed by atoms with Crippen molar-refractivity contribution in [1.29, 1.82) is 0 Å². The van der Waals surface area contributed by atoms with Gasteiger partial charge in [-0.05, 0) is 49.2 Å². The van der Waals surface area contributed by atoms with Gasteiger partial charge in [-0.25, -0.2) is 4.68 Å². The monoisotopic (exact) mass is 455 g/mol. The van der Waals surface area contributed by atoms with E-state index < -0.39 is 17.6 Å². The first kappa shape index (κ1) is 22.4. The Hall–Kier alpha value is -3.77. The Kier molecular flexibility index (Phi) is 5.87. The van der Waals surface area contributed by atoms with Crippen LogP contribution in [0.2, 0.25) is 0 Å². The Balaban J connectivity index is 1.77. The highest BCUT2D eigenvalue weighted by Gasteiger charge is 2.35. The third kappa shape index (κ3) is 4.56. The zero-order chi connectivity index (χ0) is 23.8. The molecule has 4 rings (SSSR count). The van der Waals surface area contributed by atoms with Gasteiger partial charge in [0.25, 0.3) is 0 Å². The Bertz CT molecular complexity index is 1270. The lowest BCUT2D eigenvalue weighted by Gasteiger charge is -2.21. The number of hydrogen-bond acceptors (Lipinski definition) is 4. The molecule has 0 spiro atoms. The Morgan fingerprint density at radius 3 is 2.58 bits per heavy atom.